The van der Waals surface area contributed by atoms with Crippen molar-refractivity contribution >= 4 is 29.0 Å². The van der Waals surface area contributed by atoms with E-state index in [0.29, 0.717) is 29.5 Å². The van der Waals surface area contributed by atoms with Crippen LogP contribution >= 0.6 is 0 Å². The maximum atomic E-state index is 13.4. The molecule has 2 aromatic carbocycles. The summed E-state index contributed by atoms with van der Waals surface area (Å²) in [6, 6.07) is 11.1. The highest BCUT2D eigenvalue weighted by atomic mass is 16.5. The predicted molar refractivity (Wildman–Crippen MR) is 114 cm³/mol. The highest BCUT2D eigenvalue weighted by Gasteiger charge is 2.47. The van der Waals surface area contributed by atoms with E-state index < -0.39 is 0 Å². The second kappa shape index (κ2) is 6.83. The Balaban J connectivity index is 1.80. The van der Waals surface area contributed by atoms with Crippen LogP contribution in [0.2, 0.25) is 0 Å². The van der Waals surface area contributed by atoms with E-state index in [-0.39, 0.29) is 17.4 Å². The molecule has 1 atom stereocenters. The number of anilines is 1. The Morgan fingerprint density at radius 2 is 1.93 bits per heavy atom. The number of carbonyl (C=O) groups excluding carboxylic acids is 2. The van der Waals surface area contributed by atoms with Gasteiger partial charge in [-0.2, -0.15) is 0 Å². The summed E-state index contributed by atoms with van der Waals surface area (Å²) in [6.45, 7) is 10.6. The van der Waals surface area contributed by atoms with Gasteiger partial charge in [0.05, 0.1) is 23.5 Å². The summed E-state index contributed by atoms with van der Waals surface area (Å²) in [6.07, 6.45) is 0.913. The SMILES string of the molecule is CCOC(=O)c1ccc(N=C2C(=O)N3c4c2cc(C)cc4[C@H](C)CC3(C)C)cc1. The van der Waals surface area contributed by atoms with Crippen LogP contribution in [0.3, 0.4) is 0 Å². The minimum atomic E-state index is -0.359. The van der Waals surface area contributed by atoms with Crippen LogP contribution in [-0.2, 0) is 9.53 Å². The van der Waals surface area contributed by atoms with Gasteiger partial charge in [0.15, 0.2) is 0 Å². The number of ether oxygens (including phenoxy) is 1. The smallest absolute Gasteiger partial charge is 0.338 e. The van der Waals surface area contributed by atoms with Crippen molar-refractivity contribution in [3.63, 3.8) is 0 Å². The zero-order chi connectivity index (χ0) is 20.9. The van der Waals surface area contributed by atoms with Crippen molar-refractivity contribution in [3.8, 4) is 0 Å². The summed E-state index contributed by atoms with van der Waals surface area (Å²) in [5, 5.41) is 0. The van der Waals surface area contributed by atoms with Gasteiger partial charge in [0.1, 0.15) is 5.71 Å². The summed E-state index contributed by atoms with van der Waals surface area (Å²) < 4.78 is 5.02. The van der Waals surface area contributed by atoms with Crippen molar-refractivity contribution in [2.75, 3.05) is 11.5 Å². The molecule has 0 fully saturated rings. The zero-order valence-corrected chi connectivity index (χ0v) is 17.6. The maximum absolute atomic E-state index is 13.4. The first kappa shape index (κ1) is 19.4. The fraction of sp³-hybridized carbons (Fsp3) is 0.375. The predicted octanol–water partition coefficient (Wildman–Crippen LogP) is 4.92. The average molecular weight is 390 g/mol. The van der Waals surface area contributed by atoms with Crippen LogP contribution in [0.15, 0.2) is 41.4 Å². The highest BCUT2D eigenvalue weighted by Crippen LogP contribution is 2.49. The second-order valence-electron chi connectivity index (χ2n) is 8.54. The van der Waals surface area contributed by atoms with Crippen LogP contribution in [0.5, 0.6) is 0 Å². The van der Waals surface area contributed by atoms with Crippen molar-refractivity contribution in [2.45, 2.75) is 52.5 Å². The van der Waals surface area contributed by atoms with Gasteiger partial charge in [-0.15, -0.1) is 0 Å². The lowest BCUT2D eigenvalue weighted by Crippen LogP contribution is -2.50. The van der Waals surface area contributed by atoms with Crippen LogP contribution in [0.25, 0.3) is 0 Å². The van der Waals surface area contributed by atoms with Gasteiger partial charge in [0, 0.05) is 11.1 Å². The average Bonchev–Trinajstić information content (AvgIpc) is 2.93. The van der Waals surface area contributed by atoms with E-state index in [1.807, 2.05) is 4.90 Å². The summed E-state index contributed by atoms with van der Waals surface area (Å²) in [7, 11) is 0. The van der Waals surface area contributed by atoms with Gasteiger partial charge in [-0.3, -0.25) is 4.79 Å². The van der Waals surface area contributed by atoms with Crippen LogP contribution in [0.4, 0.5) is 11.4 Å². The molecule has 1 amide bonds. The lowest BCUT2D eigenvalue weighted by Gasteiger charge is -2.43. The van der Waals surface area contributed by atoms with Crippen LogP contribution < -0.4 is 4.90 Å². The van der Waals surface area contributed by atoms with E-state index in [1.165, 1.54) is 5.56 Å². The largest absolute Gasteiger partial charge is 0.462 e. The Hall–Kier alpha value is -2.95. The number of hydrogen-bond acceptors (Lipinski definition) is 4. The van der Waals surface area contributed by atoms with Gasteiger partial charge in [-0.25, -0.2) is 9.79 Å². The van der Waals surface area contributed by atoms with E-state index >= 15 is 0 Å². The first-order chi connectivity index (χ1) is 13.7. The molecular formula is C24H26N2O3. The van der Waals surface area contributed by atoms with Crippen LogP contribution in [0, 0.1) is 6.92 Å². The van der Waals surface area contributed by atoms with Crippen molar-refractivity contribution in [2.24, 2.45) is 4.99 Å². The van der Waals surface area contributed by atoms with E-state index in [2.05, 4.69) is 39.8 Å². The molecular weight excluding hydrogens is 364 g/mol. The molecule has 5 nitrogen and oxygen atoms in total. The van der Waals surface area contributed by atoms with Crippen molar-refractivity contribution in [3.05, 3.63) is 58.7 Å². The van der Waals surface area contributed by atoms with E-state index in [1.54, 1.807) is 31.2 Å². The van der Waals surface area contributed by atoms with Gasteiger partial charge in [-0.1, -0.05) is 18.6 Å². The van der Waals surface area contributed by atoms with Gasteiger partial charge in [0.25, 0.3) is 5.91 Å². The molecule has 2 aromatic rings. The number of benzene rings is 2. The van der Waals surface area contributed by atoms with Crippen molar-refractivity contribution < 1.29 is 14.3 Å². The molecule has 2 aliphatic heterocycles. The Morgan fingerprint density at radius 1 is 1.24 bits per heavy atom. The quantitative estimate of drug-likeness (QED) is 0.699. The van der Waals surface area contributed by atoms with Crippen molar-refractivity contribution in [1.29, 1.82) is 0 Å². The topological polar surface area (TPSA) is 59.0 Å². The Labute approximate surface area is 171 Å². The Bertz CT molecular complexity index is 1030. The molecule has 0 saturated carbocycles. The number of aryl methyl sites for hydroxylation is 1. The number of amides is 1. The molecule has 5 heteroatoms. The first-order valence-corrected chi connectivity index (χ1v) is 10.1. The van der Waals surface area contributed by atoms with E-state index in [4.69, 9.17) is 9.73 Å². The first-order valence-electron chi connectivity index (χ1n) is 10.1. The normalized spacial score (nSPS) is 20.7. The molecule has 0 unspecified atom stereocenters. The number of nitrogens with zero attached hydrogens (tertiary/aromatic N) is 2. The van der Waals surface area contributed by atoms with E-state index in [9.17, 15) is 9.59 Å². The molecule has 2 heterocycles. The third-order valence-corrected chi connectivity index (χ3v) is 5.73. The second-order valence-corrected chi connectivity index (χ2v) is 8.54. The third-order valence-electron chi connectivity index (χ3n) is 5.73. The summed E-state index contributed by atoms with van der Waals surface area (Å²) >= 11 is 0. The molecule has 150 valence electrons. The number of aliphatic imine (C=N–C) groups is 1. The molecule has 0 aromatic heterocycles. The van der Waals surface area contributed by atoms with Gasteiger partial charge in [0.2, 0.25) is 0 Å². The standard InChI is InChI=1S/C24H26N2O3/c1-6-29-23(28)16-7-9-17(10-8-16)25-20-19-12-14(2)11-18-15(3)13-24(4,5)26(21(18)19)22(20)27/h7-12,15H,6,13H2,1-5H3/t15-/m1/s1. The zero-order valence-electron chi connectivity index (χ0n) is 17.6. The minimum absolute atomic E-state index is 0.0572. The molecule has 0 aliphatic carbocycles. The monoisotopic (exact) mass is 390 g/mol. The molecule has 0 N–H and O–H groups in total. The van der Waals surface area contributed by atoms with Crippen LogP contribution in [0.1, 0.15) is 67.1 Å². The minimum Gasteiger partial charge on any atom is -0.462 e. The number of rotatable bonds is 3. The van der Waals surface area contributed by atoms with Gasteiger partial charge < -0.3 is 9.64 Å². The molecule has 0 saturated heterocycles. The fourth-order valence-corrected chi connectivity index (χ4v) is 4.59. The summed E-state index contributed by atoms with van der Waals surface area (Å²) in [5.41, 5.74) is 5.57. The Morgan fingerprint density at radius 3 is 2.59 bits per heavy atom. The molecule has 0 bridgehead atoms. The number of esters is 1. The van der Waals surface area contributed by atoms with Crippen LogP contribution in [-0.4, -0.2) is 29.7 Å². The van der Waals surface area contributed by atoms with Crippen molar-refractivity contribution in [1.82, 2.24) is 0 Å². The molecule has 29 heavy (non-hydrogen) atoms. The fourth-order valence-electron chi connectivity index (χ4n) is 4.59. The lowest BCUT2D eigenvalue weighted by molar-refractivity contribution is -0.113. The molecule has 2 aliphatic rings. The Kier molecular flexibility index (Phi) is 4.56. The van der Waals surface area contributed by atoms with E-state index in [0.717, 1.165) is 23.2 Å². The molecule has 4 rings (SSSR count). The lowest BCUT2D eigenvalue weighted by atomic mass is 9.80. The maximum Gasteiger partial charge on any atom is 0.338 e. The number of carbonyl (C=O) groups is 2. The molecule has 0 radical (unpaired) electrons. The summed E-state index contributed by atoms with van der Waals surface area (Å²) in [4.78, 5) is 31.9. The summed E-state index contributed by atoms with van der Waals surface area (Å²) in [5.74, 6) is -0.0359. The third kappa shape index (κ3) is 3.15. The van der Waals surface area contributed by atoms with Gasteiger partial charge >= 0.3 is 5.97 Å². The molecule has 0 spiro atoms. The van der Waals surface area contributed by atoms with Gasteiger partial charge in [-0.05, 0) is 75.9 Å². The highest BCUT2D eigenvalue weighted by molar-refractivity contribution is 6.55. The number of hydrogen-bond donors (Lipinski definition) is 0.